The van der Waals surface area contributed by atoms with Gasteiger partial charge in [-0.2, -0.15) is 0 Å². The number of phenolic OH excluding ortho intramolecular Hbond substituents is 2. The molecule has 0 spiro atoms. The van der Waals surface area contributed by atoms with Crippen molar-refractivity contribution in [3.05, 3.63) is 23.8 Å². The first kappa shape index (κ1) is 5.22. The molecule has 1 aliphatic carbocycles. The molecule has 0 aliphatic heterocycles. The average Bonchev–Trinajstić information content (AvgIpc) is 2.67. The van der Waals surface area contributed by atoms with Gasteiger partial charge in [-0.15, -0.1) is 0 Å². The van der Waals surface area contributed by atoms with E-state index < -0.39 is 67.8 Å². The van der Waals surface area contributed by atoms with Crippen LogP contribution in [0.1, 0.15) is 55.2 Å². The first-order valence-corrected chi connectivity index (χ1v) is 5.41. The molecule has 0 radical (unpaired) electrons. The fourth-order valence-corrected chi connectivity index (χ4v) is 1.31. The largest absolute Gasteiger partial charge is 0.504 e. The first-order chi connectivity index (χ1) is 14.4. The third-order valence-electron chi connectivity index (χ3n) is 2.23. The summed E-state index contributed by atoms with van der Waals surface area (Å²) in [4.78, 5) is 12.7. The summed E-state index contributed by atoms with van der Waals surface area (Å²) < 4.78 is 107. The lowest BCUT2D eigenvalue weighted by molar-refractivity contribution is -0.152. The molecular formula is C15H21NO4. The summed E-state index contributed by atoms with van der Waals surface area (Å²) in [6.07, 6.45) is -25.9. The Labute approximate surface area is 136 Å². The molecule has 1 fully saturated rings. The maximum absolute atomic E-state index is 12.7. The lowest BCUT2D eigenvalue weighted by Crippen LogP contribution is -2.37. The second kappa shape index (κ2) is 6.61. The summed E-state index contributed by atoms with van der Waals surface area (Å²) in [6.45, 7) is 0. The number of ether oxygens (including phenoxy) is 1. The van der Waals surface area contributed by atoms with Crippen molar-refractivity contribution < 1.29 is 37.6 Å². The molecule has 2 unspecified atom stereocenters. The van der Waals surface area contributed by atoms with Crippen LogP contribution in [-0.2, 0) is 15.9 Å². The van der Waals surface area contributed by atoms with Gasteiger partial charge < -0.3 is 20.7 Å². The van der Waals surface area contributed by atoms with Gasteiger partial charge in [0.05, 0.1) is 2.74 Å². The number of aromatic hydroxyl groups is 2. The molecule has 2 atom stereocenters. The van der Waals surface area contributed by atoms with Gasteiger partial charge in [-0.1, -0.05) is 12.4 Å². The van der Waals surface area contributed by atoms with E-state index >= 15 is 0 Å². The van der Waals surface area contributed by atoms with Gasteiger partial charge in [-0.3, -0.25) is 4.79 Å². The van der Waals surface area contributed by atoms with E-state index in [2.05, 4.69) is 4.74 Å². The van der Waals surface area contributed by atoms with Gasteiger partial charge in [-0.25, -0.2) is 0 Å². The Morgan fingerprint density at radius 1 is 1.50 bits per heavy atom. The van der Waals surface area contributed by atoms with E-state index in [1.807, 2.05) is 0 Å². The topological polar surface area (TPSA) is 92.8 Å². The van der Waals surface area contributed by atoms with Crippen LogP contribution in [0.2, 0.25) is 0 Å². The van der Waals surface area contributed by atoms with Crippen LogP contribution >= 0.6 is 0 Å². The second-order valence-electron chi connectivity index (χ2n) is 3.69. The van der Waals surface area contributed by atoms with Gasteiger partial charge in [0, 0.05) is 15.1 Å². The van der Waals surface area contributed by atoms with Crippen LogP contribution in [0.25, 0.3) is 0 Å². The van der Waals surface area contributed by atoms with E-state index in [0.29, 0.717) is 0 Å². The molecular weight excluding hydrogens is 258 g/mol. The molecule has 1 aromatic rings. The van der Waals surface area contributed by atoms with Crippen LogP contribution in [0.5, 0.6) is 11.5 Å². The highest BCUT2D eigenvalue weighted by atomic mass is 16.5. The summed E-state index contributed by atoms with van der Waals surface area (Å²) in [7, 11) is 0. The Morgan fingerprint density at radius 3 is 2.85 bits per heavy atom. The summed E-state index contributed by atoms with van der Waals surface area (Å²) in [5.74, 6) is -3.46. The minimum atomic E-state index is -4.10. The standard InChI is InChI=1S/C15H21NO4/c16-12(8-10-6-7-13(17)14(18)9-10)15(19)20-11-4-2-1-3-5-11/h6-7,9,11-12,17-18H,1-5,8,16H2/i1D2,2D2,3D2,4D2,5D2,8D,11D,12D. The monoisotopic (exact) mass is 292 g/mol. The molecule has 20 heavy (non-hydrogen) atoms. The van der Waals surface area contributed by atoms with Crippen LogP contribution < -0.4 is 5.73 Å². The maximum Gasteiger partial charge on any atom is 0.323 e. The highest BCUT2D eigenvalue weighted by Gasteiger charge is 2.22. The molecule has 1 saturated carbocycles. The molecule has 0 amide bonds. The summed E-state index contributed by atoms with van der Waals surface area (Å²) in [5, 5.41) is 18.9. The fourth-order valence-electron chi connectivity index (χ4n) is 1.31. The lowest BCUT2D eigenvalue weighted by atomic mass is 9.97. The summed E-state index contributed by atoms with van der Waals surface area (Å²) >= 11 is 0. The number of hydrogen-bond acceptors (Lipinski definition) is 5. The molecule has 0 aromatic heterocycles. The van der Waals surface area contributed by atoms with E-state index in [9.17, 15) is 15.0 Å². The molecule has 0 heterocycles. The van der Waals surface area contributed by atoms with Crippen LogP contribution in [0.15, 0.2) is 18.2 Å². The Morgan fingerprint density at radius 2 is 2.20 bits per heavy atom. The van der Waals surface area contributed by atoms with Crippen molar-refractivity contribution in [3.8, 4) is 11.5 Å². The van der Waals surface area contributed by atoms with Crippen molar-refractivity contribution in [3.63, 3.8) is 0 Å². The predicted octanol–water partition coefficient (Wildman–Crippen LogP) is 1.84. The Bertz CT molecular complexity index is 935. The highest BCUT2D eigenvalue weighted by molar-refractivity contribution is 5.76. The summed E-state index contributed by atoms with van der Waals surface area (Å²) in [6, 6.07) is -0.544. The van der Waals surface area contributed by atoms with E-state index in [4.69, 9.17) is 23.6 Å². The van der Waals surface area contributed by atoms with Crippen molar-refractivity contribution in [1.82, 2.24) is 0 Å². The SMILES string of the molecule is [2H]C(c1ccc(O)c(O)c1)C([2H])(N)C(=O)OC1([2H])C([2H])([2H])C([2H])([2H])C([2H])([2H])C([2H])([2H])C1([2H])[2H]. The van der Waals surface area contributed by atoms with Crippen molar-refractivity contribution in [2.75, 3.05) is 0 Å². The number of nitrogens with two attached hydrogens (primary N) is 1. The predicted molar refractivity (Wildman–Crippen MR) is 74.4 cm³/mol. The number of esters is 1. The lowest BCUT2D eigenvalue weighted by Gasteiger charge is -2.23. The minimum absolute atomic E-state index is 0.324. The van der Waals surface area contributed by atoms with Crippen molar-refractivity contribution in [2.45, 2.75) is 50.4 Å². The summed E-state index contributed by atoms with van der Waals surface area (Å²) in [5.41, 5.74) is 5.21. The van der Waals surface area contributed by atoms with Gasteiger partial charge in [0.1, 0.15) is 12.1 Å². The van der Waals surface area contributed by atoms with Gasteiger partial charge in [-0.05, 0) is 49.6 Å². The van der Waals surface area contributed by atoms with Crippen LogP contribution in [0, 0.1) is 0 Å². The molecule has 110 valence electrons. The zero-order valence-electron chi connectivity index (χ0n) is 23.1. The molecule has 2 rings (SSSR count). The molecule has 5 heteroatoms. The van der Waals surface area contributed by atoms with E-state index in [-0.39, 0.29) is 5.56 Å². The van der Waals surface area contributed by atoms with E-state index in [0.717, 1.165) is 18.2 Å². The van der Waals surface area contributed by atoms with Crippen LogP contribution in [0.4, 0.5) is 0 Å². The Kier molecular flexibility index (Phi) is 1.73. The number of carbonyl (C=O) groups excluding carboxylic acids is 1. The van der Waals surface area contributed by atoms with Gasteiger partial charge in [0.25, 0.3) is 0 Å². The fraction of sp³-hybridized carbons (Fsp3) is 0.533. The quantitative estimate of drug-likeness (QED) is 0.581. The average molecular weight is 292 g/mol. The number of carbonyl (C=O) groups is 1. The second-order valence-corrected chi connectivity index (χ2v) is 3.69. The van der Waals surface area contributed by atoms with E-state index in [1.165, 1.54) is 0 Å². The van der Waals surface area contributed by atoms with E-state index in [1.54, 1.807) is 0 Å². The van der Waals surface area contributed by atoms with Crippen LogP contribution in [0.3, 0.4) is 0 Å². The molecule has 1 aliphatic rings. The molecule has 4 N–H and O–H groups in total. The molecule has 0 saturated heterocycles. The minimum Gasteiger partial charge on any atom is -0.504 e. The third kappa shape index (κ3) is 3.87. The number of benzene rings is 1. The normalized spacial score (nSPS) is 44.5. The molecule has 0 bridgehead atoms. The highest BCUT2D eigenvalue weighted by Crippen LogP contribution is 2.25. The van der Waals surface area contributed by atoms with Crippen molar-refractivity contribution in [1.29, 1.82) is 0 Å². The number of hydrogen-bond donors (Lipinski definition) is 3. The Balaban J connectivity index is 2.58. The number of phenols is 2. The third-order valence-corrected chi connectivity index (χ3v) is 2.23. The van der Waals surface area contributed by atoms with Crippen molar-refractivity contribution >= 4 is 5.97 Å². The Hall–Kier alpha value is -1.75. The van der Waals surface area contributed by atoms with Crippen molar-refractivity contribution in [2.24, 2.45) is 5.73 Å². The zero-order valence-corrected chi connectivity index (χ0v) is 10.1. The van der Waals surface area contributed by atoms with Gasteiger partial charge in [0.2, 0.25) is 0 Å². The van der Waals surface area contributed by atoms with Gasteiger partial charge in [0.15, 0.2) is 11.5 Å². The van der Waals surface area contributed by atoms with Crippen LogP contribution in [-0.4, -0.2) is 28.3 Å². The van der Waals surface area contributed by atoms with Gasteiger partial charge >= 0.3 is 5.97 Å². The smallest absolute Gasteiger partial charge is 0.323 e. The zero-order chi connectivity index (χ0) is 26.2. The molecule has 5 nitrogen and oxygen atoms in total. The first-order valence-electron chi connectivity index (χ1n) is 12.0. The number of rotatable bonds is 4. The molecule has 1 aromatic carbocycles. The maximum atomic E-state index is 12.7.